The second-order valence-corrected chi connectivity index (χ2v) is 5.19. The van der Waals surface area contributed by atoms with Crippen LogP contribution in [-0.4, -0.2) is 36.5 Å². The zero-order valence-electron chi connectivity index (χ0n) is 11.3. The van der Waals surface area contributed by atoms with Crippen molar-refractivity contribution in [3.05, 3.63) is 39.9 Å². The summed E-state index contributed by atoms with van der Waals surface area (Å²) in [6, 6.07) is 7.04. The normalized spacial score (nSPS) is 20.4. The highest BCUT2D eigenvalue weighted by Gasteiger charge is 2.21. The molecular formula is C14H21N3O2. The molecule has 0 spiro atoms. The smallest absolute Gasteiger partial charge is 0.273 e. The van der Waals surface area contributed by atoms with Crippen LogP contribution in [0.25, 0.3) is 0 Å². The molecule has 1 unspecified atom stereocenters. The molecule has 1 aromatic rings. The Morgan fingerprint density at radius 3 is 3.00 bits per heavy atom. The van der Waals surface area contributed by atoms with Gasteiger partial charge in [0.1, 0.15) is 0 Å². The van der Waals surface area contributed by atoms with Crippen molar-refractivity contribution < 1.29 is 4.92 Å². The fourth-order valence-electron chi connectivity index (χ4n) is 2.81. The highest BCUT2D eigenvalue weighted by Crippen LogP contribution is 2.23. The first-order chi connectivity index (χ1) is 9.20. The van der Waals surface area contributed by atoms with Crippen LogP contribution < -0.4 is 5.32 Å². The number of para-hydroxylation sites is 1. The third kappa shape index (κ3) is 3.75. The number of nitrogens with zero attached hydrogens (tertiary/aromatic N) is 2. The van der Waals surface area contributed by atoms with Crippen LogP contribution in [0, 0.1) is 16.0 Å². The Kier molecular flexibility index (Phi) is 4.87. The SMILES string of the molecule is CNCC1CCCN(Cc2ccccc2[N+](=O)[O-])C1. The minimum atomic E-state index is -0.287. The van der Waals surface area contributed by atoms with Crippen LogP contribution in [-0.2, 0) is 6.54 Å². The van der Waals surface area contributed by atoms with Gasteiger partial charge in [-0.25, -0.2) is 0 Å². The molecule has 2 rings (SSSR count). The van der Waals surface area contributed by atoms with Gasteiger partial charge in [0, 0.05) is 24.7 Å². The Bertz CT molecular complexity index is 434. The Balaban J connectivity index is 2.02. The fourth-order valence-corrected chi connectivity index (χ4v) is 2.81. The first kappa shape index (κ1) is 14.0. The average molecular weight is 263 g/mol. The largest absolute Gasteiger partial charge is 0.319 e. The van der Waals surface area contributed by atoms with Crippen molar-refractivity contribution in [1.29, 1.82) is 0 Å². The summed E-state index contributed by atoms with van der Waals surface area (Å²) in [5, 5.41) is 14.2. The minimum absolute atomic E-state index is 0.234. The lowest BCUT2D eigenvalue weighted by atomic mass is 9.97. The average Bonchev–Trinajstić information content (AvgIpc) is 2.40. The van der Waals surface area contributed by atoms with Gasteiger partial charge in [-0.3, -0.25) is 15.0 Å². The summed E-state index contributed by atoms with van der Waals surface area (Å²) < 4.78 is 0. The number of nitro groups is 1. The van der Waals surface area contributed by atoms with Crippen LogP contribution in [0.5, 0.6) is 0 Å². The lowest BCUT2D eigenvalue weighted by Crippen LogP contribution is -2.38. The van der Waals surface area contributed by atoms with Crippen molar-refractivity contribution in [3.8, 4) is 0 Å². The molecule has 0 aromatic heterocycles. The number of nitro benzene ring substituents is 1. The Morgan fingerprint density at radius 2 is 2.26 bits per heavy atom. The maximum Gasteiger partial charge on any atom is 0.273 e. The van der Waals surface area contributed by atoms with E-state index in [2.05, 4.69) is 10.2 Å². The highest BCUT2D eigenvalue weighted by atomic mass is 16.6. The van der Waals surface area contributed by atoms with Crippen LogP contribution in [0.2, 0.25) is 0 Å². The van der Waals surface area contributed by atoms with Crippen molar-refractivity contribution in [2.75, 3.05) is 26.7 Å². The topological polar surface area (TPSA) is 58.4 Å². The predicted molar refractivity (Wildman–Crippen MR) is 75.0 cm³/mol. The van der Waals surface area contributed by atoms with Crippen molar-refractivity contribution in [3.63, 3.8) is 0 Å². The zero-order valence-corrected chi connectivity index (χ0v) is 11.3. The Labute approximate surface area is 113 Å². The van der Waals surface area contributed by atoms with Gasteiger partial charge in [0.05, 0.1) is 4.92 Å². The molecule has 1 aromatic carbocycles. The number of likely N-dealkylation sites (tertiary alicyclic amines) is 1. The van der Waals surface area contributed by atoms with Crippen molar-refractivity contribution >= 4 is 5.69 Å². The first-order valence-corrected chi connectivity index (χ1v) is 6.80. The van der Waals surface area contributed by atoms with E-state index in [-0.39, 0.29) is 10.6 Å². The van der Waals surface area contributed by atoms with E-state index in [1.165, 1.54) is 12.8 Å². The van der Waals surface area contributed by atoms with Crippen LogP contribution in [0.1, 0.15) is 18.4 Å². The maximum atomic E-state index is 11.0. The number of nitrogens with one attached hydrogen (secondary N) is 1. The standard InChI is InChI=1S/C14H21N3O2/c1-15-9-12-5-4-8-16(10-12)11-13-6-2-3-7-14(13)17(18)19/h2-3,6-7,12,15H,4-5,8-11H2,1H3. The van der Waals surface area contributed by atoms with Gasteiger partial charge in [-0.15, -0.1) is 0 Å². The number of hydrogen-bond acceptors (Lipinski definition) is 4. The molecule has 0 amide bonds. The van der Waals surface area contributed by atoms with Gasteiger partial charge in [-0.05, 0) is 38.9 Å². The number of rotatable bonds is 5. The molecule has 104 valence electrons. The van der Waals surface area contributed by atoms with Gasteiger partial charge in [-0.1, -0.05) is 18.2 Å². The van der Waals surface area contributed by atoms with Gasteiger partial charge < -0.3 is 5.32 Å². The molecule has 19 heavy (non-hydrogen) atoms. The van der Waals surface area contributed by atoms with Gasteiger partial charge in [0.15, 0.2) is 0 Å². The molecule has 1 fully saturated rings. The molecule has 1 atom stereocenters. The molecule has 1 saturated heterocycles. The third-order valence-electron chi connectivity index (χ3n) is 3.68. The molecule has 0 aliphatic carbocycles. The van der Waals surface area contributed by atoms with Crippen LogP contribution in [0.15, 0.2) is 24.3 Å². The summed E-state index contributed by atoms with van der Waals surface area (Å²) >= 11 is 0. The van der Waals surface area contributed by atoms with Crippen molar-refractivity contribution in [1.82, 2.24) is 10.2 Å². The van der Waals surface area contributed by atoms with Crippen LogP contribution in [0.3, 0.4) is 0 Å². The van der Waals surface area contributed by atoms with Crippen LogP contribution in [0.4, 0.5) is 5.69 Å². The van der Waals surface area contributed by atoms with Crippen molar-refractivity contribution in [2.45, 2.75) is 19.4 Å². The molecule has 0 bridgehead atoms. The molecular weight excluding hydrogens is 242 g/mol. The van der Waals surface area contributed by atoms with E-state index in [9.17, 15) is 10.1 Å². The van der Waals surface area contributed by atoms with E-state index in [0.29, 0.717) is 12.5 Å². The van der Waals surface area contributed by atoms with E-state index in [4.69, 9.17) is 0 Å². The van der Waals surface area contributed by atoms with Crippen molar-refractivity contribution in [2.24, 2.45) is 5.92 Å². The molecule has 1 heterocycles. The van der Waals surface area contributed by atoms with Gasteiger partial charge in [0.25, 0.3) is 5.69 Å². The van der Waals surface area contributed by atoms with E-state index in [1.807, 2.05) is 19.2 Å². The lowest BCUT2D eigenvalue weighted by molar-refractivity contribution is -0.385. The second kappa shape index (κ2) is 6.63. The Hall–Kier alpha value is -1.46. The summed E-state index contributed by atoms with van der Waals surface area (Å²) in [4.78, 5) is 13.0. The quantitative estimate of drug-likeness (QED) is 0.652. The van der Waals surface area contributed by atoms with Crippen LogP contribution >= 0.6 is 0 Å². The summed E-state index contributed by atoms with van der Waals surface area (Å²) in [5.74, 6) is 0.654. The molecule has 1 N–H and O–H groups in total. The minimum Gasteiger partial charge on any atom is -0.319 e. The maximum absolute atomic E-state index is 11.0. The number of piperidine rings is 1. The molecule has 0 radical (unpaired) electrons. The van der Waals surface area contributed by atoms with E-state index in [1.54, 1.807) is 12.1 Å². The van der Waals surface area contributed by atoms with Gasteiger partial charge in [0.2, 0.25) is 0 Å². The molecule has 1 aliphatic heterocycles. The highest BCUT2D eigenvalue weighted by molar-refractivity contribution is 5.39. The van der Waals surface area contributed by atoms with E-state index in [0.717, 1.165) is 25.2 Å². The monoisotopic (exact) mass is 263 g/mol. The van der Waals surface area contributed by atoms with E-state index < -0.39 is 0 Å². The lowest BCUT2D eigenvalue weighted by Gasteiger charge is -2.32. The number of hydrogen-bond donors (Lipinski definition) is 1. The summed E-state index contributed by atoms with van der Waals surface area (Å²) in [5.41, 5.74) is 1.05. The summed E-state index contributed by atoms with van der Waals surface area (Å²) in [7, 11) is 1.97. The number of benzene rings is 1. The Morgan fingerprint density at radius 1 is 1.47 bits per heavy atom. The molecule has 5 heteroatoms. The summed E-state index contributed by atoms with van der Waals surface area (Å²) in [6.07, 6.45) is 2.42. The second-order valence-electron chi connectivity index (χ2n) is 5.19. The van der Waals surface area contributed by atoms with E-state index >= 15 is 0 Å². The molecule has 0 saturated carbocycles. The first-order valence-electron chi connectivity index (χ1n) is 6.80. The third-order valence-corrected chi connectivity index (χ3v) is 3.68. The molecule has 5 nitrogen and oxygen atoms in total. The molecule has 1 aliphatic rings. The summed E-state index contributed by atoms with van der Waals surface area (Å²) in [6.45, 7) is 3.75. The van der Waals surface area contributed by atoms with Gasteiger partial charge in [-0.2, -0.15) is 0 Å². The van der Waals surface area contributed by atoms with Gasteiger partial charge >= 0.3 is 0 Å². The zero-order chi connectivity index (χ0) is 13.7. The fraction of sp³-hybridized carbons (Fsp3) is 0.571. The predicted octanol–water partition coefficient (Wildman–Crippen LogP) is 2.03.